The largest absolute Gasteiger partial charge is 0.352 e. The fraction of sp³-hybridized carbons (Fsp3) is 0.278. The molecule has 0 saturated carbocycles. The summed E-state index contributed by atoms with van der Waals surface area (Å²) >= 11 is 0. The number of anilines is 1. The minimum atomic E-state index is 1.03. The summed E-state index contributed by atoms with van der Waals surface area (Å²) in [5, 5.41) is 6.16. The van der Waals surface area contributed by atoms with Crippen molar-refractivity contribution in [1.82, 2.24) is 14.7 Å². The van der Waals surface area contributed by atoms with Gasteiger partial charge in [0.25, 0.3) is 0 Å². The maximum atomic E-state index is 4.93. The fourth-order valence-corrected chi connectivity index (χ4v) is 3.07. The van der Waals surface area contributed by atoms with Gasteiger partial charge in [-0.2, -0.15) is 0 Å². The van der Waals surface area contributed by atoms with Crippen LogP contribution in [0.3, 0.4) is 0 Å². The SMILES string of the molecule is CN1CCN(c2nn(-c3ccccc3)c3ccccc23)CC1. The average molecular weight is 292 g/mol. The van der Waals surface area contributed by atoms with Crippen LogP contribution in [0.5, 0.6) is 0 Å². The van der Waals surface area contributed by atoms with Gasteiger partial charge in [-0.25, -0.2) is 4.68 Å². The topological polar surface area (TPSA) is 24.3 Å². The van der Waals surface area contributed by atoms with E-state index in [0.29, 0.717) is 0 Å². The van der Waals surface area contributed by atoms with E-state index in [2.05, 4.69) is 70.1 Å². The summed E-state index contributed by atoms with van der Waals surface area (Å²) < 4.78 is 2.06. The molecule has 4 rings (SSSR count). The van der Waals surface area contributed by atoms with Crippen LogP contribution >= 0.6 is 0 Å². The molecule has 3 aromatic rings. The van der Waals surface area contributed by atoms with Crippen molar-refractivity contribution in [2.24, 2.45) is 0 Å². The number of hydrogen-bond donors (Lipinski definition) is 0. The Bertz CT molecular complexity index is 770. The number of likely N-dealkylation sites (N-methyl/N-ethyl adjacent to an activating group) is 1. The molecule has 0 radical (unpaired) electrons. The third kappa shape index (κ3) is 2.25. The zero-order valence-corrected chi connectivity index (χ0v) is 12.8. The number of piperazine rings is 1. The highest BCUT2D eigenvalue weighted by Gasteiger charge is 2.20. The second kappa shape index (κ2) is 5.46. The first-order chi connectivity index (χ1) is 10.8. The lowest BCUT2D eigenvalue weighted by Gasteiger charge is -2.32. The van der Waals surface area contributed by atoms with E-state index >= 15 is 0 Å². The molecule has 1 fully saturated rings. The van der Waals surface area contributed by atoms with Crippen LogP contribution in [0.2, 0.25) is 0 Å². The van der Waals surface area contributed by atoms with Crippen molar-refractivity contribution in [2.45, 2.75) is 0 Å². The minimum Gasteiger partial charge on any atom is -0.352 e. The molecular formula is C18H20N4. The summed E-state index contributed by atoms with van der Waals surface area (Å²) in [7, 11) is 2.18. The lowest BCUT2D eigenvalue weighted by Crippen LogP contribution is -2.44. The number of nitrogens with zero attached hydrogens (tertiary/aromatic N) is 4. The summed E-state index contributed by atoms with van der Waals surface area (Å²) in [5.74, 6) is 1.10. The van der Waals surface area contributed by atoms with Gasteiger partial charge < -0.3 is 9.80 Å². The van der Waals surface area contributed by atoms with E-state index in [1.165, 1.54) is 10.9 Å². The molecular weight excluding hydrogens is 272 g/mol. The van der Waals surface area contributed by atoms with Gasteiger partial charge in [-0.3, -0.25) is 0 Å². The number of fused-ring (bicyclic) bond motifs is 1. The van der Waals surface area contributed by atoms with E-state index in [4.69, 9.17) is 5.10 Å². The van der Waals surface area contributed by atoms with Crippen LogP contribution in [0, 0.1) is 0 Å². The Kier molecular flexibility index (Phi) is 3.31. The van der Waals surface area contributed by atoms with Gasteiger partial charge in [0.2, 0.25) is 0 Å². The van der Waals surface area contributed by atoms with Gasteiger partial charge in [0.05, 0.1) is 11.2 Å². The molecule has 0 amide bonds. The van der Waals surface area contributed by atoms with Crippen molar-refractivity contribution in [2.75, 3.05) is 38.1 Å². The van der Waals surface area contributed by atoms with Crippen LogP contribution in [0.4, 0.5) is 5.82 Å². The fourth-order valence-electron chi connectivity index (χ4n) is 3.07. The molecule has 1 aliphatic rings. The number of rotatable bonds is 2. The zero-order valence-electron chi connectivity index (χ0n) is 12.8. The van der Waals surface area contributed by atoms with Crippen LogP contribution in [0.25, 0.3) is 16.6 Å². The van der Waals surface area contributed by atoms with Crippen molar-refractivity contribution >= 4 is 16.7 Å². The Morgan fingerprint density at radius 1 is 0.818 bits per heavy atom. The Balaban J connectivity index is 1.83. The molecule has 22 heavy (non-hydrogen) atoms. The van der Waals surface area contributed by atoms with Gasteiger partial charge in [-0.1, -0.05) is 30.3 Å². The van der Waals surface area contributed by atoms with Crippen LogP contribution in [-0.2, 0) is 0 Å². The summed E-state index contributed by atoms with van der Waals surface area (Å²) in [5.41, 5.74) is 2.28. The first kappa shape index (κ1) is 13.3. The highest BCUT2D eigenvalue weighted by atomic mass is 15.4. The molecule has 0 unspecified atom stereocenters. The Morgan fingerprint density at radius 3 is 2.27 bits per heavy atom. The maximum absolute atomic E-state index is 4.93. The van der Waals surface area contributed by atoms with E-state index in [1.807, 2.05) is 6.07 Å². The monoisotopic (exact) mass is 292 g/mol. The van der Waals surface area contributed by atoms with Crippen LogP contribution in [0.15, 0.2) is 54.6 Å². The smallest absolute Gasteiger partial charge is 0.159 e. The normalized spacial score (nSPS) is 16.3. The van der Waals surface area contributed by atoms with E-state index in [9.17, 15) is 0 Å². The van der Waals surface area contributed by atoms with Gasteiger partial charge in [-0.05, 0) is 31.3 Å². The lowest BCUT2D eigenvalue weighted by molar-refractivity contribution is 0.312. The van der Waals surface area contributed by atoms with E-state index in [-0.39, 0.29) is 0 Å². The highest BCUT2D eigenvalue weighted by molar-refractivity contribution is 5.91. The molecule has 0 spiro atoms. The van der Waals surface area contributed by atoms with Crippen molar-refractivity contribution in [1.29, 1.82) is 0 Å². The molecule has 4 nitrogen and oxygen atoms in total. The molecule has 1 saturated heterocycles. The Labute approximate surface area is 130 Å². The molecule has 0 aliphatic carbocycles. The molecule has 0 atom stereocenters. The standard InChI is InChI=1S/C18H20N4/c1-20-11-13-21(14-12-20)18-16-9-5-6-10-17(16)22(19-18)15-7-3-2-4-8-15/h2-10H,11-14H2,1H3. The molecule has 1 aromatic heterocycles. The van der Waals surface area contributed by atoms with Gasteiger partial charge in [0, 0.05) is 31.6 Å². The summed E-state index contributed by atoms with van der Waals surface area (Å²) in [6.07, 6.45) is 0. The predicted molar refractivity (Wildman–Crippen MR) is 90.8 cm³/mol. The zero-order chi connectivity index (χ0) is 14.9. The second-order valence-corrected chi connectivity index (χ2v) is 5.88. The van der Waals surface area contributed by atoms with Gasteiger partial charge in [0.15, 0.2) is 5.82 Å². The van der Waals surface area contributed by atoms with Crippen molar-refractivity contribution < 1.29 is 0 Å². The number of hydrogen-bond acceptors (Lipinski definition) is 3. The van der Waals surface area contributed by atoms with Gasteiger partial charge >= 0.3 is 0 Å². The molecule has 0 N–H and O–H groups in total. The summed E-state index contributed by atoms with van der Waals surface area (Å²) in [4.78, 5) is 4.77. The third-order valence-corrected chi connectivity index (χ3v) is 4.37. The quantitative estimate of drug-likeness (QED) is 0.726. The summed E-state index contributed by atoms with van der Waals surface area (Å²) in [6, 6.07) is 18.9. The highest BCUT2D eigenvalue weighted by Crippen LogP contribution is 2.28. The van der Waals surface area contributed by atoms with Crippen LogP contribution in [0.1, 0.15) is 0 Å². The van der Waals surface area contributed by atoms with E-state index in [1.54, 1.807) is 0 Å². The van der Waals surface area contributed by atoms with Crippen LogP contribution in [-0.4, -0.2) is 47.9 Å². The van der Waals surface area contributed by atoms with Crippen molar-refractivity contribution in [3.8, 4) is 5.69 Å². The molecule has 0 bridgehead atoms. The Hall–Kier alpha value is -2.33. The maximum Gasteiger partial charge on any atom is 0.159 e. The van der Waals surface area contributed by atoms with E-state index < -0.39 is 0 Å². The third-order valence-electron chi connectivity index (χ3n) is 4.37. The molecule has 4 heteroatoms. The Morgan fingerprint density at radius 2 is 1.50 bits per heavy atom. The van der Waals surface area contributed by atoms with Gasteiger partial charge in [0.1, 0.15) is 0 Å². The molecule has 1 aliphatic heterocycles. The molecule has 112 valence electrons. The van der Waals surface area contributed by atoms with Crippen molar-refractivity contribution in [3.05, 3.63) is 54.6 Å². The molecule has 2 aromatic carbocycles. The molecule has 2 heterocycles. The van der Waals surface area contributed by atoms with E-state index in [0.717, 1.165) is 37.7 Å². The van der Waals surface area contributed by atoms with Gasteiger partial charge in [-0.15, -0.1) is 5.10 Å². The van der Waals surface area contributed by atoms with Crippen LogP contribution < -0.4 is 4.90 Å². The minimum absolute atomic E-state index is 1.03. The average Bonchev–Trinajstić information content (AvgIpc) is 2.96. The van der Waals surface area contributed by atoms with Crippen molar-refractivity contribution in [3.63, 3.8) is 0 Å². The predicted octanol–water partition coefficient (Wildman–Crippen LogP) is 2.78. The number of benzene rings is 2. The lowest BCUT2D eigenvalue weighted by atomic mass is 10.2. The number of para-hydroxylation sites is 2. The first-order valence-corrected chi connectivity index (χ1v) is 7.79. The number of aromatic nitrogens is 2. The first-order valence-electron chi connectivity index (χ1n) is 7.79. The second-order valence-electron chi connectivity index (χ2n) is 5.88. The summed E-state index contributed by atoms with van der Waals surface area (Å²) in [6.45, 7) is 4.25.